The highest BCUT2D eigenvalue weighted by molar-refractivity contribution is 7.26. The third-order valence-electron chi connectivity index (χ3n) is 8.90. The lowest BCUT2D eigenvalue weighted by Crippen LogP contribution is -2.10. The van der Waals surface area contributed by atoms with Gasteiger partial charge in [-0.05, 0) is 60.0 Å². The van der Waals surface area contributed by atoms with Gasteiger partial charge in [0.1, 0.15) is 16.7 Å². The number of rotatable bonds is 4. The number of nitrogens with zero attached hydrogens (tertiary/aromatic N) is 2. The van der Waals surface area contributed by atoms with Crippen LogP contribution in [-0.2, 0) is 0 Å². The van der Waals surface area contributed by atoms with E-state index < -0.39 is 0 Å². The molecule has 7 aromatic carbocycles. The summed E-state index contributed by atoms with van der Waals surface area (Å²) in [6, 6.07) is 50.9. The Hall–Kier alpha value is -5.91. The Bertz CT molecular complexity index is 2750. The number of para-hydroxylation sites is 2. The zero-order chi connectivity index (χ0) is 30.2. The maximum absolute atomic E-state index is 6.58. The Morgan fingerprint density at radius 2 is 1.26 bits per heavy atom. The molecular weight excluding hydrogens is 585 g/mol. The summed E-state index contributed by atoms with van der Waals surface area (Å²) >= 11 is 1.84. The third-order valence-corrected chi connectivity index (χ3v) is 10.1. The fourth-order valence-electron chi connectivity index (χ4n) is 6.84. The fourth-order valence-corrected chi connectivity index (χ4v) is 8.05. The number of hydrogen-bond acceptors (Lipinski definition) is 5. The largest absolute Gasteiger partial charge is 0.456 e. The molecule has 0 saturated heterocycles. The predicted molar refractivity (Wildman–Crippen MR) is 192 cm³/mol. The molecule has 4 nitrogen and oxygen atoms in total. The molecule has 0 amide bonds. The molecular formula is C41H24N2O2S. The van der Waals surface area contributed by atoms with Crippen LogP contribution in [0.5, 0.6) is 0 Å². The van der Waals surface area contributed by atoms with E-state index in [1.165, 1.54) is 30.9 Å². The monoisotopic (exact) mass is 608 g/mol. The smallest absolute Gasteiger partial charge is 0.228 e. The van der Waals surface area contributed by atoms with E-state index in [0.717, 1.165) is 55.7 Å². The Kier molecular flexibility index (Phi) is 5.41. The molecule has 0 aliphatic heterocycles. The van der Waals surface area contributed by atoms with Crippen molar-refractivity contribution in [2.75, 3.05) is 4.90 Å². The molecule has 0 unspecified atom stereocenters. The number of fused-ring (bicyclic) bond motifs is 8. The number of hydrogen-bond donors (Lipinski definition) is 0. The Morgan fingerprint density at radius 3 is 2.22 bits per heavy atom. The topological polar surface area (TPSA) is 42.4 Å². The molecule has 3 heterocycles. The molecule has 0 saturated carbocycles. The molecule has 46 heavy (non-hydrogen) atoms. The van der Waals surface area contributed by atoms with Crippen LogP contribution in [0.2, 0.25) is 0 Å². The third kappa shape index (κ3) is 3.76. The maximum atomic E-state index is 6.58. The minimum absolute atomic E-state index is 0.590. The molecule has 0 aliphatic rings. The van der Waals surface area contributed by atoms with Gasteiger partial charge in [-0.2, -0.15) is 0 Å². The van der Waals surface area contributed by atoms with Gasteiger partial charge in [0.25, 0.3) is 0 Å². The van der Waals surface area contributed by atoms with E-state index in [1.54, 1.807) is 0 Å². The first-order valence-corrected chi connectivity index (χ1v) is 16.1. The van der Waals surface area contributed by atoms with Crippen LogP contribution in [0, 0.1) is 0 Å². The van der Waals surface area contributed by atoms with Crippen LogP contribution in [0.4, 0.5) is 17.1 Å². The van der Waals surface area contributed by atoms with Gasteiger partial charge in [-0.3, -0.25) is 0 Å². The molecule has 0 N–H and O–H groups in total. The van der Waals surface area contributed by atoms with E-state index in [9.17, 15) is 0 Å². The highest BCUT2D eigenvalue weighted by Crippen LogP contribution is 2.47. The van der Waals surface area contributed by atoms with Crippen molar-refractivity contribution in [2.45, 2.75) is 0 Å². The Morgan fingerprint density at radius 1 is 0.522 bits per heavy atom. The van der Waals surface area contributed by atoms with Gasteiger partial charge in [0.05, 0.1) is 16.1 Å². The summed E-state index contributed by atoms with van der Waals surface area (Å²) in [5.41, 5.74) is 7.41. The van der Waals surface area contributed by atoms with Gasteiger partial charge in [-0.1, -0.05) is 84.9 Å². The van der Waals surface area contributed by atoms with Crippen LogP contribution < -0.4 is 4.90 Å². The summed E-state index contributed by atoms with van der Waals surface area (Å²) in [5.74, 6) is 0.590. The first kappa shape index (κ1) is 25.4. The molecule has 0 bridgehead atoms. The molecule has 10 rings (SSSR count). The van der Waals surface area contributed by atoms with E-state index in [1.807, 2.05) is 47.7 Å². The van der Waals surface area contributed by atoms with Crippen molar-refractivity contribution >= 4 is 92.4 Å². The number of oxazole rings is 1. The number of anilines is 3. The molecule has 5 heteroatoms. The van der Waals surface area contributed by atoms with Crippen LogP contribution in [-0.4, -0.2) is 4.98 Å². The molecule has 0 radical (unpaired) electrons. The second-order valence-electron chi connectivity index (χ2n) is 11.5. The van der Waals surface area contributed by atoms with Crippen molar-refractivity contribution in [3.05, 3.63) is 146 Å². The van der Waals surface area contributed by atoms with Crippen molar-refractivity contribution in [3.63, 3.8) is 0 Å². The van der Waals surface area contributed by atoms with Gasteiger partial charge < -0.3 is 13.7 Å². The lowest BCUT2D eigenvalue weighted by Gasteiger charge is -2.27. The van der Waals surface area contributed by atoms with Crippen LogP contribution in [0.15, 0.2) is 154 Å². The van der Waals surface area contributed by atoms with Crippen molar-refractivity contribution in [3.8, 4) is 11.5 Å². The number of thiophene rings is 1. The molecule has 3 aromatic heterocycles. The lowest BCUT2D eigenvalue weighted by atomic mass is 10.0. The standard InChI is InChI=1S/C41H24N2O2S/c1-2-12-27-25(10-1)11-7-17-33(27)43(34-18-8-14-29-28-13-3-6-21-38(28)46-40(29)34)26-22-23-30-37(24-26)44-36-20-9-15-31(39(30)36)41-42-32-16-4-5-19-35(32)45-41/h1-24H. The summed E-state index contributed by atoms with van der Waals surface area (Å²) in [6.07, 6.45) is 0. The van der Waals surface area contributed by atoms with Gasteiger partial charge >= 0.3 is 0 Å². The summed E-state index contributed by atoms with van der Waals surface area (Å²) in [4.78, 5) is 7.19. The fraction of sp³-hybridized carbons (Fsp3) is 0. The first-order chi connectivity index (χ1) is 22.8. The van der Waals surface area contributed by atoms with Gasteiger partial charge in [0.2, 0.25) is 5.89 Å². The summed E-state index contributed by atoms with van der Waals surface area (Å²) in [5, 5.41) is 6.94. The van der Waals surface area contributed by atoms with Crippen LogP contribution in [0.25, 0.3) is 75.4 Å². The molecule has 216 valence electrons. The number of aromatic nitrogens is 1. The molecule has 0 atom stereocenters. The van der Waals surface area contributed by atoms with Crippen LogP contribution >= 0.6 is 11.3 Å². The SMILES string of the molecule is c1ccc2c(N(c3ccc4c(c3)oc3cccc(-c5nc6ccccc6o5)c34)c3cccc4c3sc3ccccc34)cccc2c1. The first-order valence-electron chi connectivity index (χ1n) is 15.3. The highest BCUT2D eigenvalue weighted by Gasteiger charge is 2.22. The summed E-state index contributed by atoms with van der Waals surface area (Å²) in [7, 11) is 0. The lowest BCUT2D eigenvalue weighted by molar-refractivity contribution is 0.620. The highest BCUT2D eigenvalue weighted by atomic mass is 32.1. The van der Waals surface area contributed by atoms with Gasteiger partial charge in [-0.25, -0.2) is 4.98 Å². The zero-order valence-electron chi connectivity index (χ0n) is 24.5. The second kappa shape index (κ2) is 9.80. The Balaban J connectivity index is 1.23. The number of benzene rings is 7. The quantitative estimate of drug-likeness (QED) is 0.199. The maximum Gasteiger partial charge on any atom is 0.228 e. The molecule has 0 aliphatic carbocycles. The van der Waals surface area contributed by atoms with Crippen LogP contribution in [0.3, 0.4) is 0 Å². The minimum atomic E-state index is 0.590. The van der Waals surface area contributed by atoms with Crippen molar-refractivity contribution in [1.29, 1.82) is 0 Å². The average Bonchev–Trinajstić information content (AvgIpc) is 3.82. The number of furan rings is 1. The predicted octanol–water partition coefficient (Wildman–Crippen LogP) is 12.4. The van der Waals surface area contributed by atoms with E-state index in [4.69, 9.17) is 13.8 Å². The van der Waals surface area contributed by atoms with Gasteiger partial charge in [0.15, 0.2) is 5.58 Å². The van der Waals surface area contributed by atoms with Gasteiger partial charge in [0, 0.05) is 48.9 Å². The summed E-state index contributed by atoms with van der Waals surface area (Å²) in [6.45, 7) is 0. The molecule has 10 aromatic rings. The van der Waals surface area contributed by atoms with E-state index in [0.29, 0.717) is 5.89 Å². The Labute approximate surface area is 267 Å². The van der Waals surface area contributed by atoms with Crippen LogP contribution in [0.1, 0.15) is 0 Å². The minimum Gasteiger partial charge on any atom is -0.456 e. The second-order valence-corrected chi connectivity index (χ2v) is 12.6. The van der Waals surface area contributed by atoms with E-state index in [2.05, 4.69) is 114 Å². The average molecular weight is 609 g/mol. The van der Waals surface area contributed by atoms with E-state index >= 15 is 0 Å². The van der Waals surface area contributed by atoms with Crippen molar-refractivity contribution in [1.82, 2.24) is 4.98 Å². The molecule has 0 spiro atoms. The van der Waals surface area contributed by atoms with Gasteiger partial charge in [-0.15, -0.1) is 11.3 Å². The molecule has 0 fully saturated rings. The zero-order valence-corrected chi connectivity index (χ0v) is 25.3. The van der Waals surface area contributed by atoms with Crippen molar-refractivity contribution in [2.24, 2.45) is 0 Å². The van der Waals surface area contributed by atoms with Crippen molar-refractivity contribution < 1.29 is 8.83 Å². The summed E-state index contributed by atoms with van der Waals surface area (Å²) < 4.78 is 15.3. The van der Waals surface area contributed by atoms with E-state index in [-0.39, 0.29) is 0 Å². The normalized spacial score (nSPS) is 11.9.